The van der Waals surface area contributed by atoms with Gasteiger partial charge in [-0.1, -0.05) is 0 Å². The largest absolute Gasteiger partial charge is 0.508 e. The summed E-state index contributed by atoms with van der Waals surface area (Å²) >= 11 is 0. The summed E-state index contributed by atoms with van der Waals surface area (Å²) in [6.07, 6.45) is 0. The van der Waals surface area contributed by atoms with Crippen molar-refractivity contribution in [3.63, 3.8) is 0 Å². The van der Waals surface area contributed by atoms with Crippen molar-refractivity contribution in [2.45, 2.75) is 33.1 Å². The highest BCUT2D eigenvalue weighted by Crippen LogP contribution is 2.40. The average molecular weight is 305 g/mol. The number of aliphatic carboxylic acids is 1. The van der Waals surface area contributed by atoms with E-state index in [1.807, 2.05) is 0 Å². The third kappa shape index (κ3) is 2.30. The molecule has 2 rings (SSSR count). The van der Waals surface area contributed by atoms with Crippen LogP contribution < -0.4 is 0 Å². The first-order chi connectivity index (χ1) is 10.2. The van der Waals surface area contributed by atoms with Crippen LogP contribution in [0.15, 0.2) is 12.1 Å². The Balaban J connectivity index is 2.89. The van der Waals surface area contributed by atoms with Gasteiger partial charge in [-0.05, 0) is 39.8 Å². The highest BCUT2D eigenvalue weighted by atomic mass is 16.5. The normalized spacial score (nSPS) is 11.6. The van der Waals surface area contributed by atoms with Crippen LogP contribution in [0.2, 0.25) is 0 Å². The summed E-state index contributed by atoms with van der Waals surface area (Å²) in [6, 6.07) is 3.04. The maximum Gasteiger partial charge on any atom is 0.340 e. The minimum absolute atomic E-state index is 0.163. The van der Waals surface area contributed by atoms with Gasteiger partial charge in [-0.2, -0.15) is 0 Å². The molecule has 0 aliphatic carbocycles. The molecule has 1 aromatic carbocycles. The Bertz CT molecular complexity index is 757. The summed E-state index contributed by atoms with van der Waals surface area (Å²) in [4.78, 5) is 26.9. The van der Waals surface area contributed by atoms with Gasteiger partial charge in [0.15, 0.2) is 0 Å². The molecule has 1 heterocycles. The van der Waals surface area contributed by atoms with Crippen LogP contribution in [0.5, 0.6) is 5.75 Å². The number of carboxylic acids is 1. The van der Waals surface area contributed by atoms with Crippen LogP contribution in [0.25, 0.3) is 10.9 Å². The minimum atomic E-state index is -1.36. The van der Waals surface area contributed by atoms with E-state index in [2.05, 4.69) is 4.98 Å². The molecule has 0 radical (unpaired) electrons. The number of H-pyrrole nitrogens is 1. The van der Waals surface area contributed by atoms with E-state index in [0.29, 0.717) is 16.6 Å². The molecule has 0 fully saturated rings. The van der Waals surface area contributed by atoms with Crippen LogP contribution in [0.3, 0.4) is 0 Å². The van der Waals surface area contributed by atoms with Gasteiger partial charge in [-0.3, -0.25) is 4.79 Å². The molecule has 3 N–H and O–H groups in total. The summed E-state index contributed by atoms with van der Waals surface area (Å²) in [5, 5.41) is 20.1. The maximum atomic E-state index is 12.2. The van der Waals surface area contributed by atoms with Gasteiger partial charge in [-0.25, -0.2) is 4.79 Å². The van der Waals surface area contributed by atoms with Gasteiger partial charge in [0, 0.05) is 22.2 Å². The molecule has 0 aliphatic heterocycles. The Morgan fingerprint density at radius 1 is 1.32 bits per heavy atom. The van der Waals surface area contributed by atoms with Gasteiger partial charge in [0.1, 0.15) is 5.75 Å². The average Bonchev–Trinajstić information content (AvgIpc) is 2.74. The Labute approximate surface area is 127 Å². The molecular weight excluding hydrogens is 286 g/mol. The molecule has 0 amide bonds. The number of aromatic amines is 1. The number of esters is 1. The molecule has 0 unspecified atom stereocenters. The lowest BCUT2D eigenvalue weighted by molar-refractivity contribution is -0.142. The van der Waals surface area contributed by atoms with E-state index in [1.54, 1.807) is 19.9 Å². The molecule has 1 aromatic heterocycles. The van der Waals surface area contributed by atoms with E-state index in [0.717, 1.165) is 0 Å². The fourth-order valence-electron chi connectivity index (χ4n) is 2.61. The fraction of sp³-hybridized carbons (Fsp3) is 0.375. The first kappa shape index (κ1) is 15.9. The molecule has 118 valence electrons. The summed E-state index contributed by atoms with van der Waals surface area (Å²) in [5.74, 6) is -1.80. The van der Waals surface area contributed by atoms with Gasteiger partial charge in [-0.15, -0.1) is 0 Å². The number of carbonyl (C=O) groups is 2. The van der Waals surface area contributed by atoms with E-state index in [1.165, 1.54) is 19.9 Å². The van der Waals surface area contributed by atoms with Gasteiger partial charge < -0.3 is 19.9 Å². The van der Waals surface area contributed by atoms with Crippen LogP contribution in [0, 0.1) is 6.92 Å². The molecule has 0 aliphatic rings. The SMILES string of the molecule is CCOC(=O)c1c(C)[nH]c2ccc(O)c(C(C)(C)C(=O)O)c12. The zero-order chi connectivity index (χ0) is 16.7. The summed E-state index contributed by atoms with van der Waals surface area (Å²) in [5.41, 5.74) is 0.255. The third-order valence-electron chi connectivity index (χ3n) is 3.77. The lowest BCUT2D eigenvalue weighted by Gasteiger charge is -2.22. The van der Waals surface area contributed by atoms with E-state index in [4.69, 9.17) is 4.74 Å². The number of aromatic hydroxyl groups is 1. The highest BCUT2D eigenvalue weighted by molar-refractivity contribution is 6.09. The van der Waals surface area contributed by atoms with Crippen molar-refractivity contribution in [3.05, 3.63) is 29.0 Å². The molecule has 22 heavy (non-hydrogen) atoms. The standard InChI is InChI=1S/C16H19NO5/c1-5-22-14(19)11-8(2)17-9-6-7-10(18)13(12(9)11)16(3,4)15(20)21/h6-7,17-18H,5H2,1-4H3,(H,20,21). The van der Waals surface area contributed by atoms with Crippen molar-refractivity contribution in [1.29, 1.82) is 0 Å². The number of aromatic nitrogens is 1. The van der Waals surface area contributed by atoms with Crippen LogP contribution >= 0.6 is 0 Å². The second-order valence-electron chi connectivity index (χ2n) is 5.66. The fourth-order valence-corrected chi connectivity index (χ4v) is 2.61. The van der Waals surface area contributed by atoms with Crippen molar-refractivity contribution in [2.24, 2.45) is 0 Å². The Kier molecular flexibility index (Phi) is 3.87. The topological polar surface area (TPSA) is 99.6 Å². The lowest BCUT2D eigenvalue weighted by Crippen LogP contribution is -2.29. The molecule has 2 aromatic rings. The quantitative estimate of drug-likeness (QED) is 0.754. The highest BCUT2D eigenvalue weighted by Gasteiger charge is 2.36. The zero-order valence-electron chi connectivity index (χ0n) is 13.0. The monoisotopic (exact) mass is 305 g/mol. The number of hydrogen-bond acceptors (Lipinski definition) is 4. The van der Waals surface area contributed by atoms with Gasteiger partial charge in [0.2, 0.25) is 0 Å². The van der Waals surface area contributed by atoms with Crippen LogP contribution in [-0.2, 0) is 14.9 Å². The lowest BCUT2D eigenvalue weighted by atomic mass is 9.81. The molecule has 0 saturated carbocycles. The first-order valence-corrected chi connectivity index (χ1v) is 6.97. The van der Waals surface area contributed by atoms with Gasteiger partial charge in [0.25, 0.3) is 0 Å². The predicted molar refractivity (Wildman–Crippen MR) is 81.3 cm³/mol. The molecule has 6 nitrogen and oxygen atoms in total. The number of rotatable bonds is 4. The molecule has 0 atom stereocenters. The number of carboxylic acid groups (broad SMARTS) is 1. The summed E-state index contributed by atoms with van der Waals surface area (Å²) in [7, 11) is 0. The summed E-state index contributed by atoms with van der Waals surface area (Å²) < 4.78 is 5.06. The van der Waals surface area contributed by atoms with E-state index < -0.39 is 17.4 Å². The molecule has 0 bridgehead atoms. The predicted octanol–water partition coefficient (Wildman–Crippen LogP) is 2.72. The number of phenolic OH excluding ortho intramolecular Hbond substituents is 1. The number of hydrogen-bond donors (Lipinski definition) is 3. The number of nitrogens with one attached hydrogen (secondary N) is 1. The Hall–Kier alpha value is -2.50. The maximum absolute atomic E-state index is 12.2. The van der Waals surface area contributed by atoms with E-state index >= 15 is 0 Å². The second-order valence-corrected chi connectivity index (χ2v) is 5.66. The third-order valence-corrected chi connectivity index (χ3v) is 3.77. The van der Waals surface area contributed by atoms with Crippen LogP contribution in [0.4, 0.5) is 0 Å². The number of carbonyl (C=O) groups excluding carboxylic acids is 1. The van der Waals surface area contributed by atoms with Crippen molar-refractivity contribution < 1.29 is 24.5 Å². The Morgan fingerprint density at radius 2 is 1.95 bits per heavy atom. The van der Waals surface area contributed by atoms with Crippen molar-refractivity contribution in [3.8, 4) is 5.75 Å². The molecule has 6 heteroatoms. The van der Waals surface area contributed by atoms with Gasteiger partial charge in [0.05, 0.1) is 17.6 Å². The minimum Gasteiger partial charge on any atom is -0.508 e. The molecule has 0 saturated heterocycles. The molecule has 0 spiro atoms. The van der Waals surface area contributed by atoms with Crippen molar-refractivity contribution in [2.75, 3.05) is 6.61 Å². The summed E-state index contributed by atoms with van der Waals surface area (Å²) in [6.45, 7) is 6.59. The molecular formula is C16H19NO5. The number of benzene rings is 1. The second kappa shape index (κ2) is 5.36. The first-order valence-electron chi connectivity index (χ1n) is 6.97. The van der Waals surface area contributed by atoms with E-state index in [-0.39, 0.29) is 23.5 Å². The van der Waals surface area contributed by atoms with Gasteiger partial charge >= 0.3 is 11.9 Å². The number of ether oxygens (including phenoxy) is 1. The number of fused-ring (bicyclic) bond motifs is 1. The van der Waals surface area contributed by atoms with E-state index in [9.17, 15) is 19.8 Å². The smallest absolute Gasteiger partial charge is 0.340 e. The Morgan fingerprint density at radius 3 is 2.50 bits per heavy atom. The number of aryl methyl sites for hydroxylation is 1. The van der Waals surface area contributed by atoms with Crippen LogP contribution in [0.1, 0.15) is 42.4 Å². The number of phenols is 1. The van der Waals surface area contributed by atoms with Crippen LogP contribution in [-0.4, -0.2) is 33.7 Å². The van der Waals surface area contributed by atoms with Crippen molar-refractivity contribution >= 4 is 22.8 Å². The van der Waals surface area contributed by atoms with Crippen molar-refractivity contribution in [1.82, 2.24) is 4.98 Å². The zero-order valence-corrected chi connectivity index (χ0v) is 13.0.